The van der Waals surface area contributed by atoms with E-state index in [-0.39, 0.29) is 11.8 Å². The first-order chi connectivity index (χ1) is 11.2. The van der Waals surface area contributed by atoms with Crippen LogP contribution in [0.3, 0.4) is 0 Å². The van der Waals surface area contributed by atoms with Gasteiger partial charge < -0.3 is 5.32 Å². The van der Waals surface area contributed by atoms with Gasteiger partial charge in [0.15, 0.2) is 0 Å². The zero-order valence-corrected chi connectivity index (χ0v) is 13.8. The zero-order chi connectivity index (χ0) is 15.8. The van der Waals surface area contributed by atoms with Crippen LogP contribution in [0.15, 0.2) is 65.3 Å². The number of amides is 1. The number of hydrogen-bond donors (Lipinski definition) is 1. The van der Waals surface area contributed by atoms with Gasteiger partial charge in [-0.15, -0.1) is 0 Å². The van der Waals surface area contributed by atoms with Crippen molar-refractivity contribution in [2.45, 2.75) is 12.3 Å². The van der Waals surface area contributed by atoms with Crippen LogP contribution >= 0.6 is 15.9 Å². The molecule has 1 amide bonds. The van der Waals surface area contributed by atoms with Crippen molar-refractivity contribution in [1.29, 1.82) is 0 Å². The molecule has 114 valence electrons. The number of anilines is 1. The van der Waals surface area contributed by atoms with E-state index < -0.39 is 0 Å². The lowest BCUT2D eigenvalue weighted by molar-refractivity contribution is -0.116. The maximum absolute atomic E-state index is 12.2. The Morgan fingerprint density at radius 3 is 2.57 bits per heavy atom. The summed E-state index contributed by atoms with van der Waals surface area (Å²) < 4.78 is 2.80. The fourth-order valence-electron chi connectivity index (χ4n) is 3.02. The lowest BCUT2D eigenvalue weighted by Crippen LogP contribution is -2.24. The van der Waals surface area contributed by atoms with E-state index in [1.807, 2.05) is 54.7 Å². The van der Waals surface area contributed by atoms with Crippen molar-refractivity contribution in [2.75, 3.05) is 5.32 Å². The Balaban J connectivity index is 1.85. The highest BCUT2D eigenvalue weighted by Gasteiger charge is 2.31. The molecule has 1 aliphatic heterocycles. The van der Waals surface area contributed by atoms with Gasteiger partial charge in [0.25, 0.3) is 0 Å². The molecule has 2 aromatic carbocycles. The SMILES string of the molecule is O=C1C[C@@H](c2ccccc2Br)c2cnn(-c3ccccc3)c2N1. The van der Waals surface area contributed by atoms with Gasteiger partial charge in [0.05, 0.1) is 11.9 Å². The van der Waals surface area contributed by atoms with Gasteiger partial charge in [0, 0.05) is 22.4 Å². The van der Waals surface area contributed by atoms with Gasteiger partial charge in [0.2, 0.25) is 5.91 Å². The predicted octanol–water partition coefficient (Wildman–Crippen LogP) is 4.11. The minimum atomic E-state index is 0.00628. The molecule has 4 nitrogen and oxygen atoms in total. The van der Waals surface area contributed by atoms with Crippen molar-refractivity contribution in [3.8, 4) is 5.69 Å². The van der Waals surface area contributed by atoms with E-state index in [2.05, 4.69) is 32.4 Å². The standard InChI is InChI=1S/C18H14BrN3O/c19-16-9-5-4-8-13(16)14-10-17(23)21-18-15(14)11-20-22(18)12-6-2-1-3-7-12/h1-9,11,14H,10H2,(H,21,23)/t14-/m0/s1. The molecular weight excluding hydrogens is 354 g/mol. The van der Waals surface area contributed by atoms with Gasteiger partial charge in [-0.25, -0.2) is 4.68 Å². The van der Waals surface area contributed by atoms with Gasteiger partial charge in [-0.2, -0.15) is 5.10 Å². The van der Waals surface area contributed by atoms with E-state index >= 15 is 0 Å². The molecule has 4 rings (SSSR count). The summed E-state index contributed by atoms with van der Waals surface area (Å²) in [5.74, 6) is 0.774. The molecule has 0 saturated carbocycles. The second kappa shape index (κ2) is 5.66. The molecular formula is C18H14BrN3O. The quantitative estimate of drug-likeness (QED) is 0.740. The number of halogens is 1. The van der Waals surface area contributed by atoms with Crippen LogP contribution < -0.4 is 5.32 Å². The Labute approximate surface area is 142 Å². The Bertz CT molecular complexity index is 873. The summed E-state index contributed by atoms with van der Waals surface area (Å²) in [5, 5.41) is 7.47. The van der Waals surface area contributed by atoms with Crippen LogP contribution in [-0.2, 0) is 4.79 Å². The number of rotatable bonds is 2. The van der Waals surface area contributed by atoms with E-state index in [9.17, 15) is 4.79 Å². The van der Waals surface area contributed by atoms with E-state index in [4.69, 9.17) is 0 Å². The number of para-hydroxylation sites is 1. The van der Waals surface area contributed by atoms with Gasteiger partial charge in [0.1, 0.15) is 5.82 Å². The van der Waals surface area contributed by atoms with E-state index in [0.717, 1.165) is 27.1 Å². The third kappa shape index (κ3) is 2.47. The number of nitrogens with one attached hydrogen (secondary N) is 1. The van der Waals surface area contributed by atoms with Crippen molar-refractivity contribution >= 4 is 27.7 Å². The average Bonchev–Trinajstić information content (AvgIpc) is 2.99. The van der Waals surface area contributed by atoms with Crippen molar-refractivity contribution in [1.82, 2.24) is 9.78 Å². The van der Waals surface area contributed by atoms with Crippen LogP contribution in [0.25, 0.3) is 5.69 Å². The number of nitrogens with zero attached hydrogens (tertiary/aromatic N) is 2. The van der Waals surface area contributed by atoms with Crippen LogP contribution in [0.2, 0.25) is 0 Å². The maximum atomic E-state index is 12.2. The lowest BCUT2D eigenvalue weighted by atomic mass is 9.87. The van der Waals surface area contributed by atoms with Gasteiger partial charge >= 0.3 is 0 Å². The predicted molar refractivity (Wildman–Crippen MR) is 92.8 cm³/mol. The van der Waals surface area contributed by atoms with Crippen molar-refractivity contribution < 1.29 is 4.79 Å². The van der Waals surface area contributed by atoms with Crippen LogP contribution in [0.5, 0.6) is 0 Å². The van der Waals surface area contributed by atoms with Crippen molar-refractivity contribution in [3.63, 3.8) is 0 Å². The molecule has 0 saturated heterocycles. The van der Waals surface area contributed by atoms with E-state index in [1.165, 1.54) is 0 Å². The zero-order valence-electron chi connectivity index (χ0n) is 12.2. The Hall–Kier alpha value is -2.40. The highest BCUT2D eigenvalue weighted by molar-refractivity contribution is 9.10. The molecule has 1 N–H and O–H groups in total. The normalized spacial score (nSPS) is 16.7. The molecule has 1 atom stereocenters. The molecule has 0 radical (unpaired) electrons. The summed E-state index contributed by atoms with van der Waals surface area (Å²) in [5.41, 5.74) is 3.08. The molecule has 0 aliphatic carbocycles. The highest BCUT2D eigenvalue weighted by atomic mass is 79.9. The van der Waals surface area contributed by atoms with Crippen LogP contribution in [-0.4, -0.2) is 15.7 Å². The summed E-state index contributed by atoms with van der Waals surface area (Å²) in [6.45, 7) is 0. The first-order valence-electron chi connectivity index (χ1n) is 7.41. The molecule has 0 unspecified atom stereocenters. The fourth-order valence-corrected chi connectivity index (χ4v) is 3.58. The third-order valence-corrected chi connectivity index (χ3v) is 4.82. The molecule has 3 aromatic rings. The second-order valence-corrected chi connectivity index (χ2v) is 6.38. The summed E-state index contributed by atoms with van der Waals surface area (Å²) in [7, 11) is 0. The molecule has 23 heavy (non-hydrogen) atoms. The van der Waals surface area contributed by atoms with E-state index in [1.54, 1.807) is 4.68 Å². The lowest BCUT2D eigenvalue weighted by Gasteiger charge is -2.24. The third-order valence-electron chi connectivity index (χ3n) is 4.10. The highest BCUT2D eigenvalue weighted by Crippen LogP contribution is 2.40. The summed E-state index contributed by atoms with van der Waals surface area (Å²) in [4.78, 5) is 12.2. The molecule has 1 aliphatic rings. The number of carbonyl (C=O) groups is 1. The smallest absolute Gasteiger partial charge is 0.226 e. The van der Waals surface area contributed by atoms with Gasteiger partial charge in [-0.3, -0.25) is 4.79 Å². The average molecular weight is 368 g/mol. The van der Waals surface area contributed by atoms with Crippen molar-refractivity contribution in [3.05, 3.63) is 76.4 Å². The maximum Gasteiger partial charge on any atom is 0.226 e. The fraction of sp³-hybridized carbons (Fsp3) is 0.111. The van der Waals surface area contributed by atoms with Gasteiger partial charge in [-0.1, -0.05) is 52.3 Å². The summed E-state index contributed by atoms with van der Waals surface area (Å²) in [6.07, 6.45) is 2.28. The molecule has 0 fully saturated rings. The Morgan fingerprint density at radius 2 is 1.78 bits per heavy atom. The molecule has 0 bridgehead atoms. The number of fused-ring (bicyclic) bond motifs is 1. The first-order valence-corrected chi connectivity index (χ1v) is 8.21. The van der Waals surface area contributed by atoms with Crippen LogP contribution in [0.1, 0.15) is 23.5 Å². The van der Waals surface area contributed by atoms with Gasteiger partial charge in [-0.05, 0) is 23.8 Å². The summed E-state index contributed by atoms with van der Waals surface area (Å²) >= 11 is 3.60. The number of benzene rings is 2. The first kappa shape index (κ1) is 14.2. The van der Waals surface area contributed by atoms with Crippen LogP contribution in [0.4, 0.5) is 5.82 Å². The number of aromatic nitrogens is 2. The number of carbonyl (C=O) groups excluding carboxylic acids is 1. The van der Waals surface area contributed by atoms with Crippen LogP contribution in [0, 0.1) is 0 Å². The monoisotopic (exact) mass is 367 g/mol. The summed E-state index contributed by atoms with van der Waals surface area (Å²) in [6, 6.07) is 17.8. The van der Waals surface area contributed by atoms with Crippen molar-refractivity contribution in [2.24, 2.45) is 0 Å². The number of hydrogen-bond acceptors (Lipinski definition) is 2. The molecule has 5 heteroatoms. The minimum Gasteiger partial charge on any atom is -0.310 e. The second-order valence-electron chi connectivity index (χ2n) is 5.52. The Kier molecular flexibility index (Phi) is 3.50. The Morgan fingerprint density at radius 1 is 1.04 bits per heavy atom. The topological polar surface area (TPSA) is 46.9 Å². The van der Waals surface area contributed by atoms with E-state index in [0.29, 0.717) is 6.42 Å². The molecule has 0 spiro atoms. The molecule has 2 heterocycles. The largest absolute Gasteiger partial charge is 0.310 e. The molecule has 1 aromatic heterocycles. The minimum absolute atomic E-state index is 0.00628.